The van der Waals surface area contributed by atoms with Crippen LogP contribution in [0, 0.1) is 0 Å². The van der Waals surface area contributed by atoms with Gasteiger partial charge in [-0.2, -0.15) is 0 Å². The average molecular weight is 404 g/mol. The van der Waals surface area contributed by atoms with Crippen molar-refractivity contribution in [1.29, 1.82) is 0 Å². The number of aromatic nitrogens is 1. The summed E-state index contributed by atoms with van der Waals surface area (Å²) >= 11 is 0. The van der Waals surface area contributed by atoms with E-state index in [1.54, 1.807) is 18.3 Å². The number of hydrogen-bond donors (Lipinski definition) is 2. The minimum absolute atomic E-state index is 0.133. The van der Waals surface area contributed by atoms with Crippen LogP contribution in [0.15, 0.2) is 18.3 Å². The Labute approximate surface area is 177 Å². The van der Waals surface area contributed by atoms with Crippen molar-refractivity contribution in [3.8, 4) is 0 Å². The molecule has 0 unspecified atom stereocenters. The predicted molar refractivity (Wildman–Crippen MR) is 120 cm³/mol. The molecule has 0 radical (unpaired) electrons. The van der Waals surface area contributed by atoms with Gasteiger partial charge in [0.1, 0.15) is 0 Å². The first-order chi connectivity index (χ1) is 14.2. The van der Waals surface area contributed by atoms with Gasteiger partial charge in [0.2, 0.25) is 5.91 Å². The summed E-state index contributed by atoms with van der Waals surface area (Å²) in [5, 5.41) is 0. The Kier molecular flexibility index (Phi) is 14.7. The average Bonchev–Trinajstić information content (AvgIpc) is 2.75. The van der Waals surface area contributed by atoms with Crippen molar-refractivity contribution in [2.24, 2.45) is 0 Å². The van der Waals surface area contributed by atoms with Crippen molar-refractivity contribution in [2.75, 3.05) is 0 Å². The third-order valence-corrected chi connectivity index (χ3v) is 5.26. The van der Waals surface area contributed by atoms with Gasteiger partial charge in [0.05, 0.1) is 0 Å². The topological polar surface area (TPSA) is 71.1 Å². The molecule has 0 aliphatic carbocycles. The van der Waals surface area contributed by atoms with Gasteiger partial charge in [-0.15, -0.1) is 0 Å². The zero-order valence-electron chi connectivity index (χ0n) is 18.6. The largest absolute Gasteiger partial charge is 0.273 e. The lowest BCUT2D eigenvalue weighted by molar-refractivity contribution is -0.122. The maximum atomic E-state index is 12.1. The van der Waals surface area contributed by atoms with Gasteiger partial charge in [0, 0.05) is 23.9 Å². The summed E-state index contributed by atoms with van der Waals surface area (Å²) < 4.78 is 0. The molecule has 0 aromatic carbocycles. The van der Waals surface area contributed by atoms with Gasteiger partial charge in [-0.25, -0.2) is 0 Å². The summed E-state index contributed by atoms with van der Waals surface area (Å²) in [4.78, 5) is 28.1. The number of nitrogens with one attached hydrogen (secondary N) is 2. The number of pyridine rings is 1. The quantitative estimate of drug-likeness (QED) is 0.267. The van der Waals surface area contributed by atoms with E-state index in [9.17, 15) is 9.59 Å². The van der Waals surface area contributed by atoms with Crippen LogP contribution in [0.5, 0.6) is 0 Å². The Morgan fingerprint density at radius 2 is 1.34 bits per heavy atom. The van der Waals surface area contributed by atoms with Gasteiger partial charge >= 0.3 is 0 Å². The number of hydrazine groups is 1. The second-order valence-corrected chi connectivity index (χ2v) is 7.88. The highest BCUT2D eigenvalue weighted by molar-refractivity contribution is 5.95. The first kappa shape index (κ1) is 25.1. The fraction of sp³-hybridized carbons (Fsp3) is 0.708. The van der Waals surface area contributed by atoms with E-state index in [1.165, 1.54) is 70.6 Å². The summed E-state index contributed by atoms with van der Waals surface area (Å²) in [5.41, 5.74) is 6.35. The SMILES string of the molecule is CCCCCCCCCCCCCCCC(=O)NNC(=O)c1ccnc(CC)c1. The zero-order chi connectivity index (χ0) is 21.2. The number of aryl methyl sites for hydroxylation is 1. The third-order valence-electron chi connectivity index (χ3n) is 5.26. The van der Waals surface area contributed by atoms with Crippen LogP contribution in [-0.4, -0.2) is 16.8 Å². The van der Waals surface area contributed by atoms with Crippen LogP contribution in [0.1, 0.15) is 120 Å². The first-order valence-corrected chi connectivity index (χ1v) is 11.7. The van der Waals surface area contributed by atoms with E-state index in [0.717, 1.165) is 25.0 Å². The smallest absolute Gasteiger partial charge is 0.269 e. The maximum absolute atomic E-state index is 12.1. The lowest BCUT2D eigenvalue weighted by Crippen LogP contribution is -2.41. The molecule has 0 aliphatic rings. The van der Waals surface area contributed by atoms with E-state index >= 15 is 0 Å². The van der Waals surface area contributed by atoms with Crippen LogP contribution < -0.4 is 10.9 Å². The van der Waals surface area contributed by atoms with Gasteiger partial charge in [-0.05, 0) is 25.0 Å². The predicted octanol–water partition coefficient (Wildman–Crippen LogP) is 5.89. The standard InChI is InChI=1S/C24H41N3O2/c1-3-5-6-7-8-9-10-11-12-13-14-15-16-17-23(28)26-27-24(29)21-18-19-25-22(4-2)20-21/h18-20H,3-17H2,1-2H3,(H,26,28)(H,27,29). The van der Waals surface area contributed by atoms with Crippen LogP contribution >= 0.6 is 0 Å². The van der Waals surface area contributed by atoms with Crippen LogP contribution in [-0.2, 0) is 11.2 Å². The molecule has 0 bridgehead atoms. The Bertz CT molecular complexity index is 575. The lowest BCUT2D eigenvalue weighted by Gasteiger charge is -2.08. The van der Waals surface area contributed by atoms with Crippen molar-refractivity contribution in [1.82, 2.24) is 15.8 Å². The molecule has 0 saturated carbocycles. The molecular weight excluding hydrogens is 362 g/mol. The highest BCUT2D eigenvalue weighted by atomic mass is 16.2. The molecule has 0 fully saturated rings. The molecule has 5 heteroatoms. The van der Waals surface area contributed by atoms with E-state index < -0.39 is 0 Å². The number of amides is 2. The number of unbranched alkanes of at least 4 members (excludes halogenated alkanes) is 12. The maximum Gasteiger partial charge on any atom is 0.269 e. The number of nitrogens with zero attached hydrogens (tertiary/aromatic N) is 1. The van der Waals surface area contributed by atoms with E-state index in [0.29, 0.717) is 12.0 Å². The van der Waals surface area contributed by atoms with Gasteiger partial charge < -0.3 is 0 Å². The Balaban J connectivity index is 1.94. The van der Waals surface area contributed by atoms with Crippen LogP contribution in [0.4, 0.5) is 0 Å². The number of hydrogen-bond acceptors (Lipinski definition) is 3. The molecule has 29 heavy (non-hydrogen) atoms. The second kappa shape index (κ2) is 17.0. The molecule has 1 aromatic rings. The first-order valence-electron chi connectivity index (χ1n) is 11.7. The molecule has 0 aliphatic heterocycles. The molecule has 1 heterocycles. The van der Waals surface area contributed by atoms with Crippen molar-refractivity contribution >= 4 is 11.8 Å². The van der Waals surface area contributed by atoms with Gasteiger partial charge in [-0.1, -0.05) is 90.9 Å². The van der Waals surface area contributed by atoms with Crippen molar-refractivity contribution in [3.05, 3.63) is 29.6 Å². The van der Waals surface area contributed by atoms with Crippen LogP contribution in [0.3, 0.4) is 0 Å². The molecule has 0 saturated heterocycles. The highest BCUT2D eigenvalue weighted by Gasteiger charge is 2.08. The molecule has 5 nitrogen and oxygen atoms in total. The van der Waals surface area contributed by atoms with Crippen molar-refractivity contribution in [3.63, 3.8) is 0 Å². The zero-order valence-corrected chi connectivity index (χ0v) is 18.6. The van der Waals surface area contributed by atoms with E-state index in [4.69, 9.17) is 0 Å². The van der Waals surface area contributed by atoms with E-state index in [-0.39, 0.29) is 11.8 Å². The van der Waals surface area contributed by atoms with E-state index in [1.807, 2.05) is 6.92 Å². The molecule has 2 amide bonds. The minimum atomic E-state index is -0.305. The van der Waals surface area contributed by atoms with Gasteiger partial charge in [-0.3, -0.25) is 25.4 Å². The fourth-order valence-corrected chi connectivity index (χ4v) is 3.38. The molecule has 2 N–H and O–H groups in total. The summed E-state index contributed by atoms with van der Waals surface area (Å²) in [6.07, 6.45) is 19.5. The summed E-state index contributed by atoms with van der Waals surface area (Å²) in [6.45, 7) is 4.25. The summed E-state index contributed by atoms with van der Waals surface area (Å²) in [5.74, 6) is -0.438. The van der Waals surface area contributed by atoms with Gasteiger partial charge in [0.15, 0.2) is 0 Å². The molecule has 0 spiro atoms. The van der Waals surface area contributed by atoms with Crippen molar-refractivity contribution in [2.45, 2.75) is 110 Å². The Hall–Kier alpha value is -1.91. The normalized spacial score (nSPS) is 10.7. The molecule has 1 rings (SSSR count). The summed E-state index contributed by atoms with van der Waals surface area (Å²) in [7, 11) is 0. The third kappa shape index (κ3) is 13.0. The van der Waals surface area contributed by atoms with Crippen LogP contribution in [0.2, 0.25) is 0 Å². The molecule has 164 valence electrons. The Morgan fingerprint density at radius 1 is 0.793 bits per heavy atom. The van der Waals surface area contributed by atoms with E-state index in [2.05, 4.69) is 22.8 Å². The second-order valence-electron chi connectivity index (χ2n) is 7.88. The number of rotatable bonds is 16. The minimum Gasteiger partial charge on any atom is -0.273 e. The monoisotopic (exact) mass is 403 g/mol. The molecule has 1 aromatic heterocycles. The number of carbonyl (C=O) groups is 2. The van der Waals surface area contributed by atoms with Crippen LogP contribution in [0.25, 0.3) is 0 Å². The fourth-order valence-electron chi connectivity index (χ4n) is 3.38. The number of carbonyl (C=O) groups excluding carboxylic acids is 2. The molecule has 0 atom stereocenters. The highest BCUT2D eigenvalue weighted by Crippen LogP contribution is 2.12. The summed E-state index contributed by atoms with van der Waals surface area (Å²) in [6, 6.07) is 3.39. The van der Waals surface area contributed by atoms with Gasteiger partial charge in [0.25, 0.3) is 5.91 Å². The lowest BCUT2D eigenvalue weighted by atomic mass is 10.0. The molecular formula is C24H41N3O2. The Morgan fingerprint density at radius 3 is 1.90 bits per heavy atom. The van der Waals surface area contributed by atoms with Crippen molar-refractivity contribution < 1.29 is 9.59 Å².